The van der Waals surface area contributed by atoms with Crippen molar-refractivity contribution in [2.45, 2.75) is 19.9 Å². The largest absolute Gasteiger partial charge is 0.331 e. The molecule has 96 valence electrons. The van der Waals surface area contributed by atoms with Crippen LogP contribution in [0.25, 0.3) is 11.0 Å². The SMILES string of the molecule is Cc1nc2cc(N(C)C(=O)C(C)N)ccc2n1C. The highest BCUT2D eigenvalue weighted by atomic mass is 16.2. The molecule has 18 heavy (non-hydrogen) atoms. The first-order valence-electron chi connectivity index (χ1n) is 5.88. The van der Waals surface area contributed by atoms with Gasteiger partial charge in [0.25, 0.3) is 0 Å². The maximum absolute atomic E-state index is 11.8. The van der Waals surface area contributed by atoms with E-state index in [2.05, 4.69) is 4.98 Å². The van der Waals surface area contributed by atoms with Crippen LogP contribution in [0.2, 0.25) is 0 Å². The number of nitrogens with two attached hydrogens (primary N) is 1. The number of carbonyl (C=O) groups excluding carboxylic acids is 1. The van der Waals surface area contributed by atoms with Crippen molar-refractivity contribution in [2.24, 2.45) is 12.8 Å². The first kappa shape index (κ1) is 12.6. The van der Waals surface area contributed by atoms with Gasteiger partial charge in [-0.2, -0.15) is 0 Å². The van der Waals surface area contributed by atoms with Crippen LogP contribution in [0.15, 0.2) is 18.2 Å². The van der Waals surface area contributed by atoms with Crippen LogP contribution < -0.4 is 10.6 Å². The van der Waals surface area contributed by atoms with Crippen LogP contribution in [0, 0.1) is 6.92 Å². The highest BCUT2D eigenvalue weighted by molar-refractivity contribution is 5.97. The zero-order valence-corrected chi connectivity index (χ0v) is 11.1. The first-order chi connectivity index (χ1) is 8.41. The molecule has 0 aliphatic rings. The molecule has 0 aliphatic heterocycles. The average Bonchev–Trinajstić information content (AvgIpc) is 2.62. The summed E-state index contributed by atoms with van der Waals surface area (Å²) in [4.78, 5) is 17.8. The van der Waals surface area contributed by atoms with Gasteiger partial charge in [-0.05, 0) is 32.0 Å². The summed E-state index contributed by atoms with van der Waals surface area (Å²) in [5.41, 5.74) is 8.35. The summed E-state index contributed by atoms with van der Waals surface area (Å²) in [6, 6.07) is 5.28. The predicted octanol–water partition coefficient (Wildman–Crippen LogP) is 1.19. The van der Waals surface area contributed by atoms with Gasteiger partial charge >= 0.3 is 0 Å². The molecule has 0 radical (unpaired) electrons. The van der Waals surface area contributed by atoms with Crippen molar-refractivity contribution >= 4 is 22.6 Å². The molecule has 0 saturated heterocycles. The third-order valence-electron chi connectivity index (χ3n) is 3.20. The predicted molar refractivity (Wildman–Crippen MR) is 72.5 cm³/mol. The number of hydrogen-bond acceptors (Lipinski definition) is 3. The summed E-state index contributed by atoms with van der Waals surface area (Å²) in [5, 5.41) is 0. The fraction of sp³-hybridized carbons (Fsp3) is 0.385. The quantitative estimate of drug-likeness (QED) is 0.865. The molecule has 0 aliphatic carbocycles. The number of rotatable bonds is 2. The molecular formula is C13H18N4O. The summed E-state index contributed by atoms with van der Waals surface area (Å²) >= 11 is 0. The minimum absolute atomic E-state index is 0.109. The number of carbonyl (C=O) groups is 1. The van der Waals surface area contributed by atoms with Crippen molar-refractivity contribution in [2.75, 3.05) is 11.9 Å². The second kappa shape index (κ2) is 4.42. The molecule has 1 heterocycles. The lowest BCUT2D eigenvalue weighted by molar-refractivity contribution is -0.119. The van der Waals surface area contributed by atoms with Gasteiger partial charge in [0.2, 0.25) is 5.91 Å². The third-order valence-corrected chi connectivity index (χ3v) is 3.20. The van der Waals surface area contributed by atoms with Crippen molar-refractivity contribution in [1.82, 2.24) is 9.55 Å². The number of nitrogens with zero attached hydrogens (tertiary/aromatic N) is 3. The summed E-state index contributed by atoms with van der Waals surface area (Å²) in [5.74, 6) is 0.838. The molecule has 0 fully saturated rings. The summed E-state index contributed by atoms with van der Waals surface area (Å²) in [7, 11) is 3.70. The summed E-state index contributed by atoms with van der Waals surface area (Å²) in [6.07, 6.45) is 0. The molecule has 5 heteroatoms. The lowest BCUT2D eigenvalue weighted by atomic mass is 10.2. The summed E-state index contributed by atoms with van der Waals surface area (Å²) in [6.45, 7) is 3.64. The lowest BCUT2D eigenvalue weighted by Gasteiger charge is -2.19. The Morgan fingerprint density at radius 3 is 2.78 bits per heavy atom. The number of anilines is 1. The molecule has 5 nitrogen and oxygen atoms in total. The van der Waals surface area contributed by atoms with Gasteiger partial charge in [-0.15, -0.1) is 0 Å². The number of aromatic nitrogens is 2. The van der Waals surface area contributed by atoms with E-state index >= 15 is 0 Å². The topological polar surface area (TPSA) is 64.2 Å². The van der Waals surface area contributed by atoms with Crippen LogP contribution in [0.5, 0.6) is 0 Å². The Balaban J connectivity index is 2.44. The van der Waals surface area contributed by atoms with Crippen LogP contribution in [-0.4, -0.2) is 28.5 Å². The Bertz CT molecular complexity index is 600. The van der Waals surface area contributed by atoms with Crippen LogP contribution >= 0.6 is 0 Å². The molecule has 0 saturated carbocycles. The van der Waals surface area contributed by atoms with Crippen molar-refractivity contribution < 1.29 is 4.79 Å². The van der Waals surface area contributed by atoms with E-state index in [9.17, 15) is 4.79 Å². The Morgan fingerprint density at radius 2 is 2.17 bits per heavy atom. The minimum Gasteiger partial charge on any atom is -0.331 e. The normalized spacial score (nSPS) is 12.7. The number of amides is 1. The van der Waals surface area contributed by atoms with E-state index in [4.69, 9.17) is 5.73 Å². The van der Waals surface area contributed by atoms with E-state index in [0.717, 1.165) is 22.5 Å². The highest BCUT2D eigenvalue weighted by Crippen LogP contribution is 2.21. The zero-order valence-electron chi connectivity index (χ0n) is 11.1. The Labute approximate surface area is 106 Å². The Morgan fingerprint density at radius 1 is 1.50 bits per heavy atom. The number of likely N-dealkylation sites (N-methyl/N-ethyl adjacent to an activating group) is 1. The van der Waals surface area contributed by atoms with Gasteiger partial charge in [0.05, 0.1) is 17.1 Å². The van der Waals surface area contributed by atoms with Crippen LogP contribution in [-0.2, 0) is 11.8 Å². The van der Waals surface area contributed by atoms with Crippen molar-refractivity contribution in [3.63, 3.8) is 0 Å². The molecule has 1 aromatic carbocycles. The Kier molecular flexibility index (Phi) is 3.09. The fourth-order valence-electron chi connectivity index (χ4n) is 1.95. The van der Waals surface area contributed by atoms with Gasteiger partial charge in [0.15, 0.2) is 0 Å². The van der Waals surface area contributed by atoms with E-state index in [1.54, 1.807) is 18.9 Å². The molecule has 2 aromatic rings. The molecule has 2 rings (SSSR count). The maximum Gasteiger partial charge on any atom is 0.243 e. The molecule has 1 amide bonds. The Hall–Kier alpha value is -1.88. The molecular weight excluding hydrogens is 228 g/mol. The summed E-state index contributed by atoms with van der Waals surface area (Å²) < 4.78 is 2.02. The molecule has 1 unspecified atom stereocenters. The molecule has 0 bridgehead atoms. The number of imidazole rings is 1. The van der Waals surface area contributed by atoms with Gasteiger partial charge in [0.1, 0.15) is 5.82 Å². The van der Waals surface area contributed by atoms with E-state index in [-0.39, 0.29) is 5.91 Å². The lowest BCUT2D eigenvalue weighted by Crippen LogP contribution is -2.39. The van der Waals surface area contributed by atoms with Crippen LogP contribution in [0.1, 0.15) is 12.7 Å². The van der Waals surface area contributed by atoms with Gasteiger partial charge in [0, 0.05) is 19.8 Å². The standard InChI is InChI=1S/C13H18N4O/c1-8(14)13(18)17(4)10-5-6-12-11(7-10)15-9(2)16(12)3/h5-8H,14H2,1-4H3. The smallest absolute Gasteiger partial charge is 0.243 e. The van der Waals surface area contributed by atoms with Crippen molar-refractivity contribution in [3.8, 4) is 0 Å². The van der Waals surface area contributed by atoms with E-state index in [1.807, 2.05) is 36.7 Å². The van der Waals surface area contributed by atoms with Gasteiger partial charge in [-0.1, -0.05) is 0 Å². The molecule has 0 spiro atoms. The van der Waals surface area contributed by atoms with Crippen molar-refractivity contribution in [3.05, 3.63) is 24.0 Å². The van der Waals surface area contributed by atoms with E-state index < -0.39 is 6.04 Å². The van der Waals surface area contributed by atoms with E-state index in [0.29, 0.717) is 0 Å². The second-order valence-corrected chi connectivity index (χ2v) is 4.58. The van der Waals surface area contributed by atoms with Crippen molar-refractivity contribution in [1.29, 1.82) is 0 Å². The minimum atomic E-state index is -0.504. The zero-order chi connectivity index (χ0) is 13.4. The molecule has 1 atom stereocenters. The number of aryl methyl sites for hydroxylation is 2. The highest BCUT2D eigenvalue weighted by Gasteiger charge is 2.16. The first-order valence-corrected chi connectivity index (χ1v) is 5.88. The monoisotopic (exact) mass is 246 g/mol. The van der Waals surface area contributed by atoms with Crippen LogP contribution in [0.3, 0.4) is 0 Å². The van der Waals surface area contributed by atoms with Crippen LogP contribution in [0.4, 0.5) is 5.69 Å². The molecule has 2 N–H and O–H groups in total. The number of benzene rings is 1. The maximum atomic E-state index is 11.8. The fourth-order valence-corrected chi connectivity index (χ4v) is 1.95. The van der Waals surface area contributed by atoms with Gasteiger partial charge < -0.3 is 15.2 Å². The third kappa shape index (κ3) is 1.97. The average molecular weight is 246 g/mol. The van der Waals surface area contributed by atoms with E-state index in [1.165, 1.54) is 0 Å². The number of hydrogen-bond donors (Lipinski definition) is 1. The van der Waals surface area contributed by atoms with Gasteiger partial charge in [-0.3, -0.25) is 4.79 Å². The number of fused-ring (bicyclic) bond motifs is 1. The molecule has 1 aromatic heterocycles. The van der Waals surface area contributed by atoms with Gasteiger partial charge in [-0.25, -0.2) is 4.98 Å². The second-order valence-electron chi connectivity index (χ2n) is 4.58.